The van der Waals surface area contributed by atoms with Crippen LogP contribution in [0.25, 0.3) is 0 Å². The molecule has 28 heavy (non-hydrogen) atoms. The van der Waals surface area contributed by atoms with E-state index in [2.05, 4.69) is 10.8 Å². The van der Waals surface area contributed by atoms with Gasteiger partial charge in [0.25, 0.3) is 6.43 Å². The Morgan fingerprint density at radius 1 is 1.25 bits per heavy atom. The van der Waals surface area contributed by atoms with Crippen molar-refractivity contribution in [2.75, 3.05) is 13.6 Å². The smallest absolute Gasteiger partial charge is 0.303 e. The summed E-state index contributed by atoms with van der Waals surface area (Å²) in [5, 5.41) is 19.0. The lowest BCUT2D eigenvalue weighted by Gasteiger charge is -2.39. The number of hydrogen-bond donors (Lipinski definition) is 2. The van der Waals surface area contributed by atoms with Crippen LogP contribution in [-0.2, 0) is 4.79 Å². The molecule has 0 amide bonds. The number of halogens is 2. The van der Waals surface area contributed by atoms with E-state index in [9.17, 15) is 18.7 Å². The monoisotopic (exact) mass is 396 g/mol. The van der Waals surface area contributed by atoms with Gasteiger partial charge >= 0.3 is 5.97 Å². The highest BCUT2D eigenvalue weighted by Crippen LogP contribution is 2.44. The lowest BCUT2D eigenvalue weighted by Crippen LogP contribution is -2.35. The Kier molecular flexibility index (Phi) is 7.02. The largest absolute Gasteiger partial charge is 0.481 e. The molecule has 0 aromatic carbocycles. The van der Waals surface area contributed by atoms with E-state index in [0.29, 0.717) is 12.8 Å². The van der Waals surface area contributed by atoms with E-state index in [1.807, 2.05) is 13.1 Å². The summed E-state index contributed by atoms with van der Waals surface area (Å²) in [6.07, 6.45) is 9.17. The van der Waals surface area contributed by atoms with Gasteiger partial charge in [-0.3, -0.25) is 4.79 Å². The molecule has 156 valence electrons. The maximum absolute atomic E-state index is 13.9. The Labute approximate surface area is 165 Å². The molecule has 6 unspecified atom stereocenters. The standard InChI is InChI=1S/C22H31F2NO3/c1-25-10-2-3-16(13-25)19-7-4-15(12-20(19)22(23)24)18-8-6-17(26)11-14(18)5-9-21(27)28/h6,8,12-19,22,26H,2-5,7,9-11H2,1H3/p+1. The molecule has 3 rings (SSSR count). The van der Waals surface area contributed by atoms with Gasteiger partial charge in [-0.2, -0.15) is 0 Å². The van der Waals surface area contributed by atoms with Gasteiger partial charge in [-0.15, -0.1) is 0 Å². The van der Waals surface area contributed by atoms with Crippen molar-refractivity contribution in [1.82, 2.24) is 0 Å². The third-order valence-electron chi connectivity index (χ3n) is 6.78. The van der Waals surface area contributed by atoms with Crippen LogP contribution in [0.5, 0.6) is 0 Å². The normalized spacial score (nSPS) is 36.2. The van der Waals surface area contributed by atoms with Crippen molar-refractivity contribution in [2.45, 2.75) is 57.5 Å². The highest BCUT2D eigenvalue weighted by molar-refractivity contribution is 5.66. The molecule has 0 aromatic rings. The summed E-state index contributed by atoms with van der Waals surface area (Å²) in [5.74, 6) is -0.756. The van der Waals surface area contributed by atoms with Crippen LogP contribution in [0.15, 0.2) is 23.8 Å². The first kappa shape index (κ1) is 21.2. The summed E-state index contributed by atoms with van der Waals surface area (Å²) in [7, 11) is 2.01. The zero-order chi connectivity index (χ0) is 20.3. The molecule has 6 atom stereocenters. The zero-order valence-corrected chi connectivity index (χ0v) is 16.5. The van der Waals surface area contributed by atoms with E-state index in [1.165, 1.54) is 0 Å². The second kappa shape index (κ2) is 9.29. The van der Waals surface area contributed by atoms with E-state index in [0.717, 1.165) is 32.2 Å². The number of hydrogen-bond acceptors (Lipinski definition) is 2. The molecule has 1 aliphatic heterocycles. The first-order valence-corrected chi connectivity index (χ1v) is 10.5. The van der Waals surface area contributed by atoms with Crippen LogP contribution in [0, 0.1) is 29.6 Å². The number of rotatable bonds is 6. The summed E-state index contributed by atoms with van der Waals surface area (Å²) in [4.78, 5) is 11.0. The van der Waals surface area contributed by atoms with Crippen LogP contribution in [0.1, 0.15) is 44.9 Å². The average Bonchev–Trinajstić information content (AvgIpc) is 2.66. The summed E-state index contributed by atoms with van der Waals surface area (Å²) in [5.41, 5.74) is 0.268. The first-order valence-electron chi connectivity index (χ1n) is 10.5. The summed E-state index contributed by atoms with van der Waals surface area (Å²) in [6, 6.07) is 0. The van der Waals surface area contributed by atoms with Gasteiger partial charge in [0.15, 0.2) is 0 Å². The van der Waals surface area contributed by atoms with Gasteiger partial charge in [0, 0.05) is 18.8 Å². The quantitative estimate of drug-likeness (QED) is 0.531. The fourth-order valence-corrected chi connectivity index (χ4v) is 5.42. The molecule has 0 fully saturated rings. The molecular weight excluding hydrogens is 364 g/mol. The van der Waals surface area contributed by atoms with Gasteiger partial charge in [-0.25, -0.2) is 13.4 Å². The number of carboxylic acids is 1. The molecule has 0 saturated heterocycles. The maximum Gasteiger partial charge on any atom is 0.303 e. The van der Waals surface area contributed by atoms with Gasteiger partial charge < -0.3 is 10.2 Å². The van der Waals surface area contributed by atoms with E-state index >= 15 is 0 Å². The minimum absolute atomic E-state index is 0.0101. The Morgan fingerprint density at radius 2 is 2.04 bits per heavy atom. The van der Waals surface area contributed by atoms with E-state index in [1.54, 1.807) is 12.2 Å². The number of carbonyl (C=O) groups is 1. The molecule has 0 spiro atoms. The van der Waals surface area contributed by atoms with Crippen LogP contribution >= 0.6 is 0 Å². The highest BCUT2D eigenvalue weighted by Gasteiger charge is 2.39. The van der Waals surface area contributed by atoms with Crippen molar-refractivity contribution in [3.05, 3.63) is 23.8 Å². The molecule has 0 saturated carbocycles. The van der Waals surface area contributed by atoms with Crippen LogP contribution in [-0.4, -0.2) is 53.1 Å². The van der Waals surface area contributed by atoms with Crippen LogP contribution in [0.4, 0.5) is 8.78 Å². The molecule has 4 nitrogen and oxygen atoms in total. The van der Waals surface area contributed by atoms with Crippen molar-refractivity contribution in [3.8, 4) is 0 Å². The molecule has 2 aliphatic carbocycles. The lowest BCUT2D eigenvalue weighted by molar-refractivity contribution is -0.500. The summed E-state index contributed by atoms with van der Waals surface area (Å²) in [6.45, 7) is 0.986. The minimum atomic E-state index is -2.45. The van der Waals surface area contributed by atoms with Crippen LogP contribution in [0.3, 0.4) is 0 Å². The lowest BCUT2D eigenvalue weighted by atomic mass is 9.66. The van der Waals surface area contributed by atoms with Crippen molar-refractivity contribution < 1.29 is 28.4 Å². The van der Waals surface area contributed by atoms with Gasteiger partial charge in [0.05, 0.1) is 6.10 Å². The second-order valence-electron chi connectivity index (χ2n) is 8.71. The molecule has 0 radical (unpaired) electrons. The van der Waals surface area contributed by atoms with Crippen molar-refractivity contribution in [2.24, 2.45) is 29.6 Å². The third kappa shape index (κ3) is 5.07. The number of carboxylic acid groups (broad SMARTS) is 1. The van der Waals surface area contributed by atoms with Gasteiger partial charge in [-0.05, 0) is 61.3 Å². The molecule has 3 aliphatic rings. The fourth-order valence-electron chi connectivity index (χ4n) is 5.42. The zero-order valence-electron chi connectivity index (χ0n) is 16.5. The number of alkyl halides is 2. The predicted octanol–water partition coefficient (Wildman–Crippen LogP) is 3.75. The number of nitrogens with zero attached hydrogens (tertiary/aromatic N) is 1. The molecule has 0 bridgehead atoms. The first-order chi connectivity index (χ1) is 13.3. The van der Waals surface area contributed by atoms with E-state index in [4.69, 9.17) is 5.11 Å². The minimum Gasteiger partial charge on any atom is -0.481 e. The third-order valence-corrected chi connectivity index (χ3v) is 6.78. The molecule has 2 N–H and O–H groups in total. The Hall–Kier alpha value is -1.56. The number of allylic oxidation sites excluding steroid dienone is 3. The molecule has 0 aromatic heterocycles. The van der Waals surface area contributed by atoms with Crippen LogP contribution in [0.2, 0.25) is 0 Å². The van der Waals surface area contributed by atoms with E-state index < -0.39 is 18.5 Å². The Morgan fingerprint density at radius 3 is 2.71 bits per heavy atom. The summed E-state index contributed by atoms with van der Waals surface area (Å²) >= 11 is 0. The number of aliphatic hydroxyl groups excluding tert-OH is 1. The Balaban J connectivity index is 1.80. The average molecular weight is 396 g/mol. The number of aliphatic carboxylic acids is 1. The second-order valence-corrected chi connectivity index (χ2v) is 8.71. The van der Waals surface area contributed by atoms with Crippen molar-refractivity contribution in [1.29, 1.82) is 0 Å². The van der Waals surface area contributed by atoms with Crippen molar-refractivity contribution >= 4 is 12.2 Å². The molecule has 6 heteroatoms. The van der Waals surface area contributed by atoms with Crippen LogP contribution < -0.4 is 0 Å². The van der Waals surface area contributed by atoms with Gasteiger partial charge in [0.1, 0.15) is 19.8 Å². The summed E-state index contributed by atoms with van der Waals surface area (Å²) < 4.78 is 30.0. The number of aliphatic hydroxyl groups is 1. The molecule has 1 heterocycles. The predicted molar refractivity (Wildman–Crippen MR) is 104 cm³/mol. The maximum atomic E-state index is 13.9. The fraction of sp³-hybridized carbons (Fsp3) is 0.727. The topological polar surface area (TPSA) is 60.5 Å². The SMILES string of the molecule is C[N+]1=CC(C2CCC(C3C=CC(O)CC3CCC(=O)O)C=C2C(F)F)CCC1. The Bertz CT molecular complexity index is 658. The van der Waals surface area contributed by atoms with E-state index in [-0.39, 0.29) is 41.6 Å². The molecular formula is C22H32F2NO3+. The van der Waals surface area contributed by atoms with Crippen molar-refractivity contribution in [3.63, 3.8) is 0 Å². The van der Waals surface area contributed by atoms with Gasteiger partial charge in [-0.1, -0.05) is 18.2 Å². The highest BCUT2D eigenvalue weighted by atomic mass is 19.3. The van der Waals surface area contributed by atoms with Gasteiger partial charge in [0.2, 0.25) is 0 Å².